The van der Waals surface area contributed by atoms with Crippen molar-refractivity contribution in [1.29, 1.82) is 0 Å². The highest BCUT2D eigenvalue weighted by Crippen LogP contribution is 2.34. The van der Waals surface area contributed by atoms with Gasteiger partial charge in [0.1, 0.15) is 5.82 Å². The highest BCUT2D eigenvalue weighted by Gasteiger charge is 2.21. The third-order valence-corrected chi connectivity index (χ3v) is 4.87. The lowest BCUT2D eigenvalue weighted by molar-refractivity contribution is 0.780. The maximum Gasteiger partial charge on any atom is 0.133 e. The topological polar surface area (TPSA) is 42.7 Å². The number of hydrogen-bond acceptors (Lipinski definition) is 3. The number of anilines is 1. The Kier molecular flexibility index (Phi) is 3.98. The van der Waals surface area contributed by atoms with Crippen LogP contribution < -0.4 is 5.32 Å². The van der Waals surface area contributed by atoms with E-state index in [1.165, 1.54) is 5.56 Å². The second kappa shape index (κ2) is 6.29. The van der Waals surface area contributed by atoms with Crippen LogP contribution in [-0.4, -0.2) is 21.3 Å². The Morgan fingerprint density at radius 2 is 2.12 bits per heavy atom. The molecular weight excluding hydrogens is 320 g/mol. The molecule has 0 atom stereocenters. The fraction of sp³-hybridized carbons (Fsp3) is 0.263. The van der Waals surface area contributed by atoms with E-state index in [0.29, 0.717) is 0 Å². The number of benzene rings is 1. The minimum atomic E-state index is 0.758. The molecule has 0 radical (unpaired) electrons. The summed E-state index contributed by atoms with van der Waals surface area (Å²) in [6.45, 7) is 2.97. The molecule has 24 heavy (non-hydrogen) atoms. The molecule has 1 aliphatic heterocycles. The van der Waals surface area contributed by atoms with Gasteiger partial charge in [0.2, 0.25) is 0 Å². The van der Waals surface area contributed by atoms with Crippen LogP contribution in [0.3, 0.4) is 0 Å². The molecule has 1 aliphatic rings. The molecule has 1 aromatic carbocycles. The van der Waals surface area contributed by atoms with Gasteiger partial charge in [-0.1, -0.05) is 17.7 Å². The van der Waals surface area contributed by atoms with Gasteiger partial charge in [0.25, 0.3) is 0 Å². The average molecular weight is 339 g/mol. The zero-order valence-electron chi connectivity index (χ0n) is 13.6. The van der Waals surface area contributed by atoms with Gasteiger partial charge < -0.3 is 5.32 Å². The summed E-state index contributed by atoms with van der Waals surface area (Å²) in [5.41, 5.74) is 5.36. The Balaban J connectivity index is 1.91. The maximum atomic E-state index is 6.33. The average Bonchev–Trinajstić information content (AvgIpc) is 2.80. The normalized spacial score (nSPS) is 13.9. The number of halogens is 1. The summed E-state index contributed by atoms with van der Waals surface area (Å²) in [6.07, 6.45) is 7.01. The minimum Gasteiger partial charge on any atom is -0.370 e. The van der Waals surface area contributed by atoms with Crippen LogP contribution in [0, 0.1) is 6.92 Å². The van der Waals surface area contributed by atoms with E-state index < -0.39 is 0 Å². The van der Waals surface area contributed by atoms with Crippen molar-refractivity contribution in [2.45, 2.75) is 26.2 Å². The lowest BCUT2D eigenvalue weighted by Gasteiger charge is -2.10. The van der Waals surface area contributed by atoms with Gasteiger partial charge in [0, 0.05) is 35.1 Å². The van der Waals surface area contributed by atoms with Crippen molar-refractivity contribution in [1.82, 2.24) is 14.8 Å². The van der Waals surface area contributed by atoms with E-state index in [-0.39, 0.29) is 0 Å². The first-order valence-electron chi connectivity index (χ1n) is 8.27. The number of rotatable bonds is 2. The molecular formula is C19H19ClN4. The third-order valence-electron chi connectivity index (χ3n) is 4.46. The monoisotopic (exact) mass is 338 g/mol. The molecule has 3 heterocycles. The first-order valence-corrected chi connectivity index (χ1v) is 8.64. The number of aryl methyl sites for hydroxylation is 1. The SMILES string of the molecule is Cc1ccc(-n2nc(-c3cccnc3)c3c2NCCCC3)cc1Cl. The smallest absolute Gasteiger partial charge is 0.133 e. The standard InChI is InChI=1S/C19H19ClN4/c1-13-7-8-15(11-17(13)20)24-19-16(6-2-3-10-22-19)18(23-24)14-5-4-9-21-12-14/h4-5,7-9,11-12,22H,2-3,6,10H2,1H3. The number of nitrogens with zero attached hydrogens (tertiary/aromatic N) is 3. The number of aromatic nitrogens is 3. The summed E-state index contributed by atoms with van der Waals surface area (Å²) >= 11 is 6.33. The van der Waals surface area contributed by atoms with E-state index in [4.69, 9.17) is 16.7 Å². The third kappa shape index (κ3) is 2.67. The summed E-state index contributed by atoms with van der Waals surface area (Å²) in [7, 11) is 0. The summed E-state index contributed by atoms with van der Waals surface area (Å²) in [6, 6.07) is 10.1. The molecule has 0 saturated carbocycles. The fourth-order valence-corrected chi connectivity index (χ4v) is 3.31. The Morgan fingerprint density at radius 1 is 1.21 bits per heavy atom. The van der Waals surface area contributed by atoms with Crippen molar-refractivity contribution in [2.75, 3.05) is 11.9 Å². The van der Waals surface area contributed by atoms with Gasteiger partial charge in [0.05, 0.1) is 11.4 Å². The van der Waals surface area contributed by atoms with E-state index in [1.54, 1.807) is 6.20 Å². The van der Waals surface area contributed by atoms with Crippen molar-refractivity contribution >= 4 is 17.4 Å². The quantitative estimate of drug-likeness (QED) is 0.740. The summed E-state index contributed by atoms with van der Waals surface area (Å²) in [5, 5.41) is 9.21. The number of nitrogens with one attached hydrogen (secondary N) is 1. The number of hydrogen-bond donors (Lipinski definition) is 1. The second-order valence-corrected chi connectivity index (χ2v) is 6.55. The second-order valence-electron chi connectivity index (χ2n) is 6.15. The van der Waals surface area contributed by atoms with E-state index in [9.17, 15) is 0 Å². The first-order chi connectivity index (χ1) is 11.7. The van der Waals surface area contributed by atoms with Crippen LogP contribution >= 0.6 is 11.6 Å². The largest absolute Gasteiger partial charge is 0.370 e. The van der Waals surface area contributed by atoms with Crippen LogP contribution in [0.25, 0.3) is 16.9 Å². The van der Waals surface area contributed by atoms with Crippen molar-refractivity contribution in [3.8, 4) is 16.9 Å². The van der Waals surface area contributed by atoms with Crippen LogP contribution in [-0.2, 0) is 6.42 Å². The molecule has 0 unspecified atom stereocenters. The zero-order chi connectivity index (χ0) is 16.5. The van der Waals surface area contributed by atoms with Crippen LogP contribution in [0.1, 0.15) is 24.0 Å². The van der Waals surface area contributed by atoms with Crippen LogP contribution in [0.2, 0.25) is 5.02 Å². The summed E-state index contributed by atoms with van der Waals surface area (Å²) in [5.74, 6) is 1.08. The molecule has 0 saturated heterocycles. The van der Waals surface area contributed by atoms with Crippen LogP contribution in [0.5, 0.6) is 0 Å². The molecule has 0 bridgehead atoms. The zero-order valence-corrected chi connectivity index (χ0v) is 14.3. The van der Waals surface area contributed by atoms with Gasteiger partial charge in [-0.15, -0.1) is 0 Å². The molecule has 2 aromatic heterocycles. The molecule has 0 amide bonds. The van der Waals surface area contributed by atoms with Gasteiger partial charge in [-0.2, -0.15) is 5.10 Å². The van der Waals surface area contributed by atoms with Crippen LogP contribution in [0.15, 0.2) is 42.7 Å². The predicted molar refractivity (Wildman–Crippen MR) is 98.0 cm³/mol. The van der Waals surface area contributed by atoms with Gasteiger partial charge >= 0.3 is 0 Å². The Hall–Kier alpha value is -2.33. The highest BCUT2D eigenvalue weighted by atomic mass is 35.5. The van der Waals surface area contributed by atoms with E-state index in [0.717, 1.165) is 59.2 Å². The van der Waals surface area contributed by atoms with Crippen molar-refractivity contribution in [3.63, 3.8) is 0 Å². The van der Waals surface area contributed by atoms with Gasteiger partial charge in [-0.25, -0.2) is 4.68 Å². The molecule has 1 N–H and O–H groups in total. The summed E-state index contributed by atoms with van der Waals surface area (Å²) < 4.78 is 1.98. The predicted octanol–water partition coefficient (Wildman–Crippen LogP) is 4.64. The molecule has 0 fully saturated rings. The van der Waals surface area contributed by atoms with Crippen molar-refractivity contribution in [3.05, 3.63) is 58.9 Å². The van der Waals surface area contributed by atoms with Gasteiger partial charge in [0.15, 0.2) is 0 Å². The maximum absolute atomic E-state index is 6.33. The first kappa shape index (κ1) is 15.2. The Bertz CT molecular complexity index is 871. The highest BCUT2D eigenvalue weighted by molar-refractivity contribution is 6.31. The van der Waals surface area contributed by atoms with E-state index in [2.05, 4.69) is 22.4 Å². The molecule has 4 rings (SSSR count). The molecule has 0 spiro atoms. The molecule has 3 aromatic rings. The minimum absolute atomic E-state index is 0.758. The summed E-state index contributed by atoms with van der Waals surface area (Å²) in [4.78, 5) is 4.25. The van der Waals surface area contributed by atoms with E-state index in [1.807, 2.05) is 36.0 Å². The molecule has 0 aliphatic carbocycles. The van der Waals surface area contributed by atoms with Gasteiger partial charge in [-0.3, -0.25) is 4.98 Å². The molecule has 4 nitrogen and oxygen atoms in total. The lowest BCUT2D eigenvalue weighted by Crippen LogP contribution is -2.07. The fourth-order valence-electron chi connectivity index (χ4n) is 3.14. The molecule has 5 heteroatoms. The van der Waals surface area contributed by atoms with Gasteiger partial charge in [-0.05, 0) is 56.0 Å². The number of pyridine rings is 1. The van der Waals surface area contributed by atoms with Crippen LogP contribution in [0.4, 0.5) is 5.82 Å². The lowest BCUT2D eigenvalue weighted by atomic mass is 10.1. The Morgan fingerprint density at radius 3 is 2.92 bits per heavy atom. The van der Waals surface area contributed by atoms with Crippen molar-refractivity contribution in [2.24, 2.45) is 0 Å². The van der Waals surface area contributed by atoms with Crippen molar-refractivity contribution < 1.29 is 0 Å². The molecule has 122 valence electrons. The van der Waals surface area contributed by atoms with E-state index >= 15 is 0 Å². The number of fused-ring (bicyclic) bond motifs is 1. The Labute approximate surface area is 146 Å².